The number of para-hydroxylation sites is 4. The number of anilines is 4. The van der Waals surface area contributed by atoms with E-state index in [0.29, 0.717) is 22.7 Å². The summed E-state index contributed by atoms with van der Waals surface area (Å²) in [5.74, 6) is 0. The molecule has 5 rings (SSSR count). The van der Waals surface area contributed by atoms with E-state index in [-0.39, 0.29) is 13.2 Å². The first kappa shape index (κ1) is 26.3. The third kappa shape index (κ3) is 6.37. The lowest BCUT2D eigenvalue weighted by atomic mass is 10.1. The number of hydrogen-bond acceptors (Lipinski definition) is 4. The largest absolute Gasteiger partial charge is 0.444 e. The van der Waals surface area contributed by atoms with Gasteiger partial charge in [-0.25, -0.2) is 19.4 Å². The van der Waals surface area contributed by atoms with Gasteiger partial charge >= 0.3 is 12.2 Å². The second kappa shape index (κ2) is 12.9. The van der Waals surface area contributed by atoms with E-state index in [9.17, 15) is 9.59 Å². The van der Waals surface area contributed by atoms with Crippen LogP contribution in [0.3, 0.4) is 0 Å². The summed E-state index contributed by atoms with van der Waals surface area (Å²) in [5, 5.41) is 0. The number of carbonyl (C=O) groups excluding carboxylic acids is 2. The summed E-state index contributed by atoms with van der Waals surface area (Å²) in [4.78, 5) is 29.7. The molecule has 0 aliphatic heterocycles. The monoisotopic (exact) mass is 528 g/mol. The van der Waals surface area contributed by atoms with Crippen molar-refractivity contribution >= 4 is 34.9 Å². The van der Waals surface area contributed by atoms with Gasteiger partial charge in [0.05, 0.1) is 22.7 Å². The van der Waals surface area contributed by atoms with Crippen molar-refractivity contribution in [3.63, 3.8) is 0 Å². The number of rotatable bonds is 8. The molecular weight excluding hydrogens is 500 g/mol. The number of ether oxygens (including phenoxy) is 2. The number of hydrogen-bond donors (Lipinski definition) is 0. The van der Waals surface area contributed by atoms with E-state index in [4.69, 9.17) is 9.47 Å². The zero-order chi connectivity index (χ0) is 27.6. The highest BCUT2D eigenvalue weighted by Crippen LogP contribution is 2.28. The van der Waals surface area contributed by atoms with Crippen molar-refractivity contribution in [2.45, 2.75) is 13.2 Å². The van der Waals surface area contributed by atoms with Gasteiger partial charge in [0.15, 0.2) is 0 Å². The third-order valence-electron chi connectivity index (χ3n) is 6.24. The second-order valence-electron chi connectivity index (χ2n) is 8.89. The molecule has 0 aromatic heterocycles. The lowest BCUT2D eigenvalue weighted by Gasteiger charge is -2.23. The molecule has 0 radical (unpaired) electrons. The Morgan fingerprint density at radius 2 is 0.650 bits per heavy atom. The van der Waals surface area contributed by atoms with Crippen LogP contribution in [0.1, 0.15) is 11.1 Å². The fourth-order valence-corrected chi connectivity index (χ4v) is 4.28. The topological polar surface area (TPSA) is 59.1 Å². The molecule has 0 atom stereocenters. The lowest BCUT2D eigenvalue weighted by Crippen LogP contribution is -2.27. The summed E-state index contributed by atoms with van der Waals surface area (Å²) >= 11 is 0. The SMILES string of the molecule is O=C(OCc1ccccc1COC(=O)N(c1ccccc1)c1ccccc1)N(c1ccccc1)c1ccccc1. The fourth-order valence-electron chi connectivity index (χ4n) is 4.28. The molecule has 0 heterocycles. The molecule has 5 aromatic carbocycles. The molecule has 0 unspecified atom stereocenters. The Bertz CT molecular complexity index is 1330. The van der Waals surface area contributed by atoms with E-state index < -0.39 is 12.2 Å². The van der Waals surface area contributed by atoms with E-state index in [1.54, 1.807) is 0 Å². The van der Waals surface area contributed by atoms with Gasteiger partial charge in [0.25, 0.3) is 0 Å². The van der Waals surface area contributed by atoms with Crippen LogP contribution in [-0.2, 0) is 22.7 Å². The van der Waals surface area contributed by atoms with Crippen LogP contribution in [0.4, 0.5) is 32.3 Å². The van der Waals surface area contributed by atoms with Crippen LogP contribution in [0, 0.1) is 0 Å². The minimum Gasteiger partial charge on any atom is -0.444 e. The van der Waals surface area contributed by atoms with Crippen molar-refractivity contribution in [2.75, 3.05) is 9.80 Å². The van der Waals surface area contributed by atoms with Gasteiger partial charge in [-0.3, -0.25) is 0 Å². The molecule has 0 saturated heterocycles. The van der Waals surface area contributed by atoms with Gasteiger partial charge in [-0.05, 0) is 59.7 Å². The van der Waals surface area contributed by atoms with Gasteiger partial charge in [-0.2, -0.15) is 0 Å². The summed E-state index contributed by atoms with van der Waals surface area (Å²) in [6.45, 7) is 0.0353. The summed E-state index contributed by atoms with van der Waals surface area (Å²) in [5.41, 5.74) is 4.28. The zero-order valence-corrected chi connectivity index (χ0v) is 21.8. The average Bonchev–Trinajstić information content (AvgIpc) is 3.02. The van der Waals surface area contributed by atoms with Gasteiger partial charge < -0.3 is 9.47 Å². The molecule has 2 amide bonds. The third-order valence-corrected chi connectivity index (χ3v) is 6.24. The molecule has 40 heavy (non-hydrogen) atoms. The molecule has 198 valence electrons. The number of carbonyl (C=O) groups is 2. The smallest absolute Gasteiger partial charge is 0.419 e. The normalized spacial score (nSPS) is 10.4. The lowest BCUT2D eigenvalue weighted by molar-refractivity contribution is 0.142. The van der Waals surface area contributed by atoms with Crippen LogP contribution in [0.25, 0.3) is 0 Å². The molecule has 0 aliphatic carbocycles. The van der Waals surface area contributed by atoms with E-state index >= 15 is 0 Å². The summed E-state index contributed by atoms with van der Waals surface area (Å²) in [7, 11) is 0. The number of nitrogens with zero attached hydrogens (tertiary/aromatic N) is 2. The van der Waals surface area contributed by atoms with Gasteiger partial charge in [0, 0.05) is 0 Å². The van der Waals surface area contributed by atoms with Gasteiger partial charge in [-0.15, -0.1) is 0 Å². The Kier molecular flexibility index (Phi) is 8.49. The van der Waals surface area contributed by atoms with Crippen molar-refractivity contribution < 1.29 is 19.1 Å². The Morgan fingerprint density at radius 1 is 0.400 bits per heavy atom. The summed E-state index contributed by atoms with van der Waals surface area (Å²) in [6, 6.07) is 44.8. The minimum atomic E-state index is -0.511. The molecule has 6 nitrogen and oxygen atoms in total. The summed E-state index contributed by atoms with van der Waals surface area (Å²) < 4.78 is 11.5. The highest BCUT2D eigenvalue weighted by atomic mass is 16.6. The van der Waals surface area contributed by atoms with Crippen LogP contribution in [0.2, 0.25) is 0 Å². The molecule has 0 spiro atoms. The van der Waals surface area contributed by atoms with E-state index in [1.165, 1.54) is 9.80 Å². The molecule has 0 fully saturated rings. The minimum absolute atomic E-state index is 0.0177. The standard InChI is InChI=1S/C34H28N2O4/c37-33(35(29-17-5-1-6-18-29)30-19-7-2-8-20-30)39-25-27-15-13-14-16-28(27)26-40-34(38)36(31-21-9-3-10-22-31)32-23-11-4-12-24-32/h1-24H,25-26H2. The average molecular weight is 529 g/mol. The van der Waals surface area contributed by atoms with E-state index in [1.807, 2.05) is 146 Å². The maximum Gasteiger partial charge on any atom is 0.419 e. The molecule has 0 aliphatic rings. The molecule has 0 N–H and O–H groups in total. The van der Waals surface area contributed by atoms with Crippen LogP contribution in [0.15, 0.2) is 146 Å². The van der Waals surface area contributed by atoms with E-state index in [2.05, 4.69) is 0 Å². The Labute approximate surface area is 233 Å². The van der Waals surface area contributed by atoms with Gasteiger partial charge in [0.2, 0.25) is 0 Å². The number of benzene rings is 5. The van der Waals surface area contributed by atoms with Crippen molar-refractivity contribution in [2.24, 2.45) is 0 Å². The predicted octanol–water partition coefficient (Wildman–Crippen LogP) is 8.64. The molecule has 0 saturated carbocycles. The maximum absolute atomic E-state index is 13.3. The Morgan fingerprint density at radius 3 is 0.925 bits per heavy atom. The van der Waals surface area contributed by atoms with Crippen LogP contribution in [0.5, 0.6) is 0 Å². The maximum atomic E-state index is 13.3. The van der Waals surface area contributed by atoms with E-state index in [0.717, 1.165) is 11.1 Å². The van der Waals surface area contributed by atoms with Gasteiger partial charge in [-0.1, -0.05) is 97.1 Å². The number of amides is 2. The first-order chi connectivity index (χ1) is 19.7. The Hall–Kier alpha value is -5.36. The van der Waals surface area contributed by atoms with Crippen LogP contribution < -0.4 is 9.80 Å². The highest BCUT2D eigenvalue weighted by molar-refractivity contribution is 5.96. The first-order valence-corrected chi connectivity index (χ1v) is 12.9. The molecular formula is C34H28N2O4. The summed E-state index contributed by atoms with van der Waals surface area (Å²) in [6.07, 6.45) is -1.02. The van der Waals surface area contributed by atoms with Crippen molar-refractivity contribution in [3.05, 3.63) is 157 Å². The highest BCUT2D eigenvalue weighted by Gasteiger charge is 2.22. The van der Waals surface area contributed by atoms with Crippen molar-refractivity contribution in [3.8, 4) is 0 Å². The van der Waals surface area contributed by atoms with Crippen molar-refractivity contribution in [1.82, 2.24) is 0 Å². The second-order valence-corrected chi connectivity index (χ2v) is 8.89. The fraction of sp³-hybridized carbons (Fsp3) is 0.0588. The van der Waals surface area contributed by atoms with Gasteiger partial charge in [0.1, 0.15) is 13.2 Å². The van der Waals surface area contributed by atoms with Crippen LogP contribution >= 0.6 is 0 Å². The molecule has 5 aromatic rings. The first-order valence-electron chi connectivity index (χ1n) is 12.9. The predicted molar refractivity (Wildman–Crippen MR) is 157 cm³/mol. The quantitative estimate of drug-likeness (QED) is 0.202. The molecule has 0 bridgehead atoms. The Balaban J connectivity index is 1.30. The molecule has 6 heteroatoms. The van der Waals surface area contributed by atoms with Crippen LogP contribution in [-0.4, -0.2) is 12.2 Å². The van der Waals surface area contributed by atoms with Crippen molar-refractivity contribution in [1.29, 1.82) is 0 Å². The zero-order valence-electron chi connectivity index (χ0n) is 21.8.